The first-order valence-corrected chi connectivity index (χ1v) is 6.75. The van der Waals surface area contributed by atoms with E-state index in [4.69, 9.17) is 0 Å². The first kappa shape index (κ1) is 12.1. The van der Waals surface area contributed by atoms with Crippen molar-refractivity contribution in [2.75, 3.05) is 5.32 Å². The molecular formula is C13H13FN4S. The van der Waals surface area contributed by atoms with E-state index in [2.05, 4.69) is 32.8 Å². The Balaban J connectivity index is 1.87. The lowest BCUT2D eigenvalue weighted by Gasteiger charge is -2.05. The smallest absolute Gasteiger partial charge is 0.214 e. The summed E-state index contributed by atoms with van der Waals surface area (Å²) >= 11 is 1.66. The van der Waals surface area contributed by atoms with Crippen molar-refractivity contribution in [1.82, 2.24) is 14.4 Å². The van der Waals surface area contributed by atoms with Crippen LogP contribution in [0.25, 0.3) is 4.96 Å². The molecule has 0 spiro atoms. The highest BCUT2D eigenvalue weighted by atomic mass is 32.1. The summed E-state index contributed by atoms with van der Waals surface area (Å²) < 4.78 is 15.1. The number of pyridine rings is 1. The number of anilines is 1. The highest BCUT2D eigenvalue weighted by Crippen LogP contribution is 2.21. The topological polar surface area (TPSA) is 42.2 Å². The van der Waals surface area contributed by atoms with E-state index in [0.717, 1.165) is 16.3 Å². The van der Waals surface area contributed by atoms with Gasteiger partial charge in [-0.1, -0.05) is 6.07 Å². The van der Waals surface area contributed by atoms with Gasteiger partial charge in [0.1, 0.15) is 5.82 Å². The molecule has 0 radical (unpaired) electrons. The predicted molar refractivity (Wildman–Crippen MR) is 74.1 cm³/mol. The number of nitrogens with one attached hydrogen (secondary N) is 1. The van der Waals surface area contributed by atoms with Gasteiger partial charge < -0.3 is 5.32 Å². The minimum absolute atomic E-state index is 0.480. The van der Waals surface area contributed by atoms with E-state index in [1.807, 2.05) is 6.92 Å². The van der Waals surface area contributed by atoms with Gasteiger partial charge in [-0.05, 0) is 26.0 Å². The van der Waals surface area contributed by atoms with Gasteiger partial charge in [0.15, 0.2) is 4.96 Å². The van der Waals surface area contributed by atoms with Gasteiger partial charge in [0.05, 0.1) is 17.9 Å². The third-order valence-electron chi connectivity index (χ3n) is 2.89. The fourth-order valence-electron chi connectivity index (χ4n) is 2.00. The van der Waals surface area contributed by atoms with Crippen LogP contribution in [0.4, 0.5) is 10.2 Å². The minimum Gasteiger partial charge on any atom is -0.364 e. The Morgan fingerprint density at radius 2 is 2.16 bits per heavy atom. The molecule has 0 fully saturated rings. The summed E-state index contributed by atoms with van der Waals surface area (Å²) in [5.41, 5.74) is 2.06. The summed E-state index contributed by atoms with van der Waals surface area (Å²) in [6.45, 7) is 4.60. The number of hydrogen-bond acceptors (Lipinski definition) is 4. The van der Waals surface area contributed by atoms with E-state index in [1.54, 1.807) is 23.5 Å². The number of rotatable bonds is 3. The molecule has 98 valence electrons. The summed E-state index contributed by atoms with van der Waals surface area (Å²) in [6, 6.07) is 4.71. The predicted octanol–water partition coefficient (Wildman–Crippen LogP) is 3.16. The molecule has 0 aliphatic carbocycles. The second kappa shape index (κ2) is 4.62. The van der Waals surface area contributed by atoms with Crippen molar-refractivity contribution in [1.29, 1.82) is 0 Å². The van der Waals surface area contributed by atoms with Crippen LogP contribution in [0, 0.1) is 19.8 Å². The van der Waals surface area contributed by atoms with Gasteiger partial charge in [0.2, 0.25) is 5.95 Å². The van der Waals surface area contributed by atoms with E-state index < -0.39 is 5.95 Å². The van der Waals surface area contributed by atoms with Crippen LogP contribution in [0.15, 0.2) is 24.4 Å². The Labute approximate surface area is 113 Å². The monoisotopic (exact) mass is 276 g/mol. The first-order chi connectivity index (χ1) is 9.13. The van der Waals surface area contributed by atoms with Crippen LogP contribution >= 0.6 is 11.3 Å². The SMILES string of the molecule is Cc1cn2c(CNc3cccc(F)n3)c(C)nc2s1. The molecule has 1 N–H and O–H groups in total. The number of nitrogens with zero attached hydrogens (tertiary/aromatic N) is 3. The lowest BCUT2D eigenvalue weighted by molar-refractivity contribution is 0.585. The van der Waals surface area contributed by atoms with Crippen LogP contribution in [0.2, 0.25) is 0 Å². The van der Waals surface area contributed by atoms with Crippen molar-refractivity contribution in [3.63, 3.8) is 0 Å². The number of fused-ring (bicyclic) bond motifs is 1. The van der Waals surface area contributed by atoms with Crippen LogP contribution < -0.4 is 5.32 Å². The molecule has 3 heterocycles. The molecule has 0 aliphatic rings. The summed E-state index contributed by atoms with van der Waals surface area (Å²) in [5.74, 6) is 0.0489. The normalized spacial score (nSPS) is 11.1. The Kier molecular flexibility index (Phi) is 2.94. The summed E-state index contributed by atoms with van der Waals surface area (Å²) in [7, 11) is 0. The fraction of sp³-hybridized carbons (Fsp3) is 0.231. The molecule has 0 bridgehead atoms. The zero-order valence-corrected chi connectivity index (χ0v) is 11.5. The number of aromatic nitrogens is 3. The van der Waals surface area contributed by atoms with Crippen LogP contribution in [-0.4, -0.2) is 14.4 Å². The summed E-state index contributed by atoms with van der Waals surface area (Å²) in [4.78, 5) is 10.5. The maximum absolute atomic E-state index is 13.0. The van der Waals surface area contributed by atoms with Gasteiger partial charge in [-0.2, -0.15) is 4.39 Å². The lowest BCUT2D eigenvalue weighted by atomic mass is 10.3. The molecule has 0 aromatic carbocycles. The zero-order valence-electron chi connectivity index (χ0n) is 10.6. The van der Waals surface area contributed by atoms with Crippen molar-refractivity contribution in [3.05, 3.63) is 46.6 Å². The number of imidazole rings is 1. The van der Waals surface area contributed by atoms with Crippen molar-refractivity contribution in [3.8, 4) is 0 Å². The van der Waals surface area contributed by atoms with E-state index in [0.29, 0.717) is 12.4 Å². The molecule has 0 saturated carbocycles. The number of aryl methyl sites for hydroxylation is 2. The summed E-state index contributed by atoms with van der Waals surface area (Å²) in [5, 5.41) is 3.12. The third kappa shape index (κ3) is 2.31. The molecular weight excluding hydrogens is 263 g/mol. The highest BCUT2D eigenvalue weighted by Gasteiger charge is 2.10. The molecule has 6 heteroatoms. The highest BCUT2D eigenvalue weighted by molar-refractivity contribution is 7.17. The largest absolute Gasteiger partial charge is 0.364 e. The van der Waals surface area contributed by atoms with Crippen molar-refractivity contribution in [2.24, 2.45) is 0 Å². The Morgan fingerprint density at radius 1 is 1.32 bits per heavy atom. The van der Waals surface area contributed by atoms with Crippen LogP contribution in [0.1, 0.15) is 16.3 Å². The number of thiazole rings is 1. The maximum atomic E-state index is 13.0. The average molecular weight is 276 g/mol. The number of hydrogen-bond donors (Lipinski definition) is 1. The average Bonchev–Trinajstić information content (AvgIpc) is 2.82. The summed E-state index contributed by atoms with van der Waals surface area (Å²) in [6.07, 6.45) is 2.07. The van der Waals surface area contributed by atoms with Gasteiger partial charge in [0, 0.05) is 11.1 Å². The van der Waals surface area contributed by atoms with Crippen LogP contribution in [0.3, 0.4) is 0 Å². The zero-order chi connectivity index (χ0) is 13.4. The van der Waals surface area contributed by atoms with Crippen molar-refractivity contribution < 1.29 is 4.39 Å². The molecule has 0 saturated heterocycles. The molecule has 0 unspecified atom stereocenters. The van der Waals surface area contributed by atoms with Crippen LogP contribution in [-0.2, 0) is 6.54 Å². The molecule has 19 heavy (non-hydrogen) atoms. The Hall–Kier alpha value is -1.95. The second-order valence-electron chi connectivity index (χ2n) is 4.34. The van der Waals surface area contributed by atoms with Gasteiger partial charge in [-0.15, -0.1) is 11.3 Å². The van der Waals surface area contributed by atoms with Gasteiger partial charge in [-0.25, -0.2) is 9.97 Å². The van der Waals surface area contributed by atoms with E-state index in [1.165, 1.54) is 10.9 Å². The third-order valence-corrected chi connectivity index (χ3v) is 3.79. The molecule has 0 aliphatic heterocycles. The van der Waals surface area contributed by atoms with E-state index in [-0.39, 0.29) is 0 Å². The molecule has 0 amide bonds. The van der Waals surface area contributed by atoms with E-state index >= 15 is 0 Å². The molecule has 3 aromatic heterocycles. The maximum Gasteiger partial charge on any atom is 0.214 e. The first-order valence-electron chi connectivity index (χ1n) is 5.94. The molecule has 4 nitrogen and oxygen atoms in total. The minimum atomic E-state index is -0.480. The van der Waals surface area contributed by atoms with Gasteiger partial charge in [0.25, 0.3) is 0 Å². The van der Waals surface area contributed by atoms with Crippen LogP contribution in [0.5, 0.6) is 0 Å². The molecule has 0 atom stereocenters. The second-order valence-corrected chi connectivity index (χ2v) is 5.55. The van der Waals surface area contributed by atoms with Gasteiger partial charge >= 0.3 is 0 Å². The van der Waals surface area contributed by atoms with E-state index in [9.17, 15) is 4.39 Å². The van der Waals surface area contributed by atoms with Crippen molar-refractivity contribution >= 4 is 22.1 Å². The fourth-order valence-corrected chi connectivity index (χ4v) is 2.89. The quantitative estimate of drug-likeness (QED) is 0.747. The standard InChI is InChI=1S/C13H13FN4S/c1-8-7-18-10(9(2)16-13(18)19-8)6-15-12-5-3-4-11(14)17-12/h3-5,7H,6H2,1-2H3,(H,15,17). The molecule has 3 aromatic rings. The lowest BCUT2D eigenvalue weighted by Crippen LogP contribution is -2.05. The molecule has 3 rings (SSSR count). The Morgan fingerprint density at radius 3 is 2.95 bits per heavy atom. The number of halogens is 1. The van der Waals surface area contributed by atoms with Crippen molar-refractivity contribution in [2.45, 2.75) is 20.4 Å². The Bertz CT molecular complexity index is 731. The van der Waals surface area contributed by atoms with Gasteiger partial charge in [-0.3, -0.25) is 4.40 Å².